The van der Waals surface area contributed by atoms with E-state index in [1.165, 1.54) is 6.07 Å². The Morgan fingerprint density at radius 2 is 2.20 bits per heavy atom. The largest absolute Gasteiger partial charge is 0.487 e. The summed E-state index contributed by atoms with van der Waals surface area (Å²) in [7, 11) is 4.11. The smallest absolute Gasteiger partial charge is 0.125 e. The summed E-state index contributed by atoms with van der Waals surface area (Å²) in [5.74, 6) is 0.658. The van der Waals surface area contributed by atoms with Crippen molar-refractivity contribution in [3.05, 3.63) is 29.6 Å². The van der Waals surface area contributed by atoms with Gasteiger partial charge in [-0.15, -0.1) is 0 Å². The van der Waals surface area contributed by atoms with E-state index in [2.05, 4.69) is 17.3 Å². The number of fused-ring (bicyclic) bond motifs is 1. The molecule has 110 valence electrons. The average molecular weight is 278 g/mol. The van der Waals surface area contributed by atoms with E-state index in [-0.39, 0.29) is 17.5 Å². The summed E-state index contributed by atoms with van der Waals surface area (Å²) in [4.78, 5) is 2.37. The van der Waals surface area contributed by atoms with E-state index in [1.807, 2.05) is 7.05 Å². The van der Waals surface area contributed by atoms with Gasteiger partial charge in [-0.1, -0.05) is 0 Å². The zero-order chi connectivity index (χ0) is 14.2. The second kappa shape index (κ2) is 5.34. The molecule has 2 atom stereocenters. The topological polar surface area (TPSA) is 24.5 Å². The lowest BCUT2D eigenvalue weighted by atomic mass is 9.82. The predicted octanol–water partition coefficient (Wildman–Crippen LogP) is 2.72. The highest BCUT2D eigenvalue weighted by Gasteiger charge is 2.41. The Morgan fingerprint density at radius 1 is 1.35 bits per heavy atom. The molecule has 3 rings (SSSR count). The summed E-state index contributed by atoms with van der Waals surface area (Å²) in [6.07, 6.45) is 4.20. The number of nitrogens with zero attached hydrogens (tertiary/aromatic N) is 1. The van der Waals surface area contributed by atoms with Crippen LogP contribution in [0.1, 0.15) is 37.3 Å². The molecule has 20 heavy (non-hydrogen) atoms. The van der Waals surface area contributed by atoms with Gasteiger partial charge in [0.15, 0.2) is 0 Å². The quantitative estimate of drug-likeness (QED) is 0.855. The summed E-state index contributed by atoms with van der Waals surface area (Å²) in [6, 6.07) is 5.06. The fourth-order valence-corrected chi connectivity index (χ4v) is 3.51. The Hall–Kier alpha value is -1.13. The van der Waals surface area contributed by atoms with Crippen molar-refractivity contribution in [2.24, 2.45) is 0 Å². The van der Waals surface area contributed by atoms with Crippen molar-refractivity contribution < 1.29 is 9.13 Å². The Morgan fingerprint density at radius 3 is 3.00 bits per heavy atom. The van der Waals surface area contributed by atoms with E-state index < -0.39 is 0 Å². The molecule has 1 aromatic rings. The van der Waals surface area contributed by atoms with Crippen molar-refractivity contribution >= 4 is 0 Å². The van der Waals surface area contributed by atoms with Crippen LogP contribution in [0.4, 0.5) is 4.39 Å². The van der Waals surface area contributed by atoms with Crippen LogP contribution in [0.3, 0.4) is 0 Å². The molecule has 2 unspecified atom stereocenters. The third kappa shape index (κ3) is 2.54. The summed E-state index contributed by atoms with van der Waals surface area (Å²) in [5.41, 5.74) is 0.860. The molecular formula is C16H23FN2O. The van der Waals surface area contributed by atoms with Crippen molar-refractivity contribution in [3.8, 4) is 5.75 Å². The first-order chi connectivity index (χ1) is 9.62. The first-order valence-corrected chi connectivity index (χ1v) is 7.46. The monoisotopic (exact) mass is 278 g/mol. The minimum atomic E-state index is -0.191. The summed E-state index contributed by atoms with van der Waals surface area (Å²) in [5, 5.41) is 3.33. The highest BCUT2D eigenvalue weighted by atomic mass is 19.1. The van der Waals surface area contributed by atoms with Gasteiger partial charge in [0.25, 0.3) is 0 Å². The molecule has 0 radical (unpaired) electrons. The van der Waals surface area contributed by atoms with Gasteiger partial charge in [0, 0.05) is 24.6 Å². The molecule has 1 saturated heterocycles. The average Bonchev–Trinajstić information content (AvgIpc) is 2.61. The van der Waals surface area contributed by atoms with E-state index in [1.54, 1.807) is 12.1 Å². The molecule has 0 bridgehead atoms. The zero-order valence-electron chi connectivity index (χ0n) is 12.3. The van der Waals surface area contributed by atoms with Gasteiger partial charge in [0.05, 0.1) is 0 Å². The number of hydrogen-bond donors (Lipinski definition) is 1. The number of rotatable bonds is 1. The fraction of sp³-hybridized carbons (Fsp3) is 0.625. The van der Waals surface area contributed by atoms with Crippen LogP contribution >= 0.6 is 0 Å². The zero-order valence-corrected chi connectivity index (χ0v) is 12.3. The first kappa shape index (κ1) is 13.8. The molecule has 0 saturated carbocycles. The number of benzene rings is 1. The molecule has 4 heteroatoms. The third-order valence-electron chi connectivity index (χ3n) is 4.72. The van der Waals surface area contributed by atoms with Gasteiger partial charge in [0.1, 0.15) is 17.2 Å². The van der Waals surface area contributed by atoms with E-state index in [0.29, 0.717) is 0 Å². The Labute approximate surface area is 120 Å². The van der Waals surface area contributed by atoms with E-state index in [4.69, 9.17) is 4.74 Å². The summed E-state index contributed by atoms with van der Waals surface area (Å²) in [6.45, 7) is 2.19. The number of ether oxygens (including phenoxy) is 1. The van der Waals surface area contributed by atoms with Crippen LogP contribution in [0.2, 0.25) is 0 Å². The van der Waals surface area contributed by atoms with Crippen molar-refractivity contribution in [1.29, 1.82) is 0 Å². The van der Waals surface area contributed by atoms with Crippen LogP contribution in [0, 0.1) is 5.82 Å². The number of hydrogen-bond acceptors (Lipinski definition) is 3. The van der Waals surface area contributed by atoms with Gasteiger partial charge in [-0.3, -0.25) is 0 Å². The van der Waals surface area contributed by atoms with E-state index >= 15 is 0 Å². The number of halogens is 1. The van der Waals surface area contributed by atoms with Crippen molar-refractivity contribution in [1.82, 2.24) is 10.2 Å². The number of nitrogens with one attached hydrogen (secondary N) is 1. The minimum absolute atomic E-state index is 0.0940. The third-order valence-corrected chi connectivity index (χ3v) is 4.72. The molecule has 1 fully saturated rings. The van der Waals surface area contributed by atoms with Crippen molar-refractivity contribution in [2.75, 3.05) is 27.2 Å². The maximum absolute atomic E-state index is 13.5. The van der Waals surface area contributed by atoms with Gasteiger partial charge in [-0.05, 0) is 58.1 Å². The van der Waals surface area contributed by atoms with Crippen LogP contribution in [0.25, 0.3) is 0 Å². The minimum Gasteiger partial charge on any atom is -0.487 e. The molecule has 2 aliphatic heterocycles. The maximum atomic E-state index is 13.5. The lowest BCUT2D eigenvalue weighted by molar-refractivity contribution is 0.0180. The summed E-state index contributed by atoms with van der Waals surface area (Å²) < 4.78 is 19.8. The molecule has 1 spiro atoms. The van der Waals surface area contributed by atoms with Crippen LogP contribution in [0.5, 0.6) is 5.75 Å². The van der Waals surface area contributed by atoms with Gasteiger partial charge < -0.3 is 15.0 Å². The molecule has 0 aromatic heterocycles. The Kier molecular flexibility index (Phi) is 3.69. The molecule has 0 amide bonds. The van der Waals surface area contributed by atoms with E-state index in [0.717, 1.165) is 50.1 Å². The normalized spacial score (nSPS) is 30.6. The predicted molar refractivity (Wildman–Crippen MR) is 77.5 cm³/mol. The lowest BCUT2D eigenvalue weighted by Crippen LogP contribution is -2.44. The van der Waals surface area contributed by atoms with Crippen LogP contribution < -0.4 is 10.1 Å². The molecule has 3 nitrogen and oxygen atoms in total. The molecular weight excluding hydrogens is 255 g/mol. The van der Waals surface area contributed by atoms with Gasteiger partial charge in [-0.2, -0.15) is 0 Å². The molecule has 2 aliphatic rings. The van der Waals surface area contributed by atoms with Gasteiger partial charge in [0.2, 0.25) is 0 Å². The highest BCUT2D eigenvalue weighted by Crippen LogP contribution is 2.44. The maximum Gasteiger partial charge on any atom is 0.125 e. The van der Waals surface area contributed by atoms with Crippen molar-refractivity contribution in [2.45, 2.75) is 37.3 Å². The SMILES string of the molecule is CNC1CC2(CCCN(C)CC2)Oc2ccc(F)cc21. The van der Waals surface area contributed by atoms with Gasteiger partial charge >= 0.3 is 0 Å². The first-order valence-electron chi connectivity index (χ1n) is 7.46. The van der Waals surface area contributed by atoms with Crippen LogP contribution in [-0.2, 0) is 0 Å². The number of likely N-dealkylation sites (tertiary alicyclic amines) is 1. The second-order valence-corrected chi connectivity index (χ2v) is 6.17. The van der Waals surface area contributed by atoms with Gasteiger partial charge in [-0.25, -0.2) is 4.39 Å². The molecule has 0 aliphatic carbocycles. The lowest BCUT2D eigenvalue weighted by Gasteiger charge is -2.42. The van der Waals surface area contributed by atoms with Crippen LogP contribution in [-0.4, -0.2) is 37.7 Å². The second-order valence-electron chi connectivity index (χ2n) is 6.17. The van der Waals surface area contributed by atoms with E-state index in [9.17, 15) is 4.39 Å². The molecule has 1 aromatic carbocycles. The molecule has 1 N–H and O–H groups in total. The van der Waals surface area contributed by atoms with Crippen molar-refractivity contribution in [3.63, 3.8) is 0 Å². The Bertz CT molecular complexity index is 493. The standard InChI is InChI=1S/C16H23FN2O/c1-18-14-11-16(6-3-8-19(2)9-7-16)20-15-5-4-12(17)10-13(14)15/h4-5,10,14,18H,3,6-9,11H2,1-2H3. The summed E-state index contributed by atoms with van der Waals surface area (Å²) >= 11 is 0. The highest BCUT2D eigenvalue weighted by molar-refractivity contribution is 5.39. The van der Waals surface area contributed by atoms with Crippen LogP contribution in [0.15, 0.2) is 18.2 Å². The fourth-order valence-electron chi connectivity index (χ4n) is 3.51. The molecule has 2 heterocycles. The Balaban J connectivity index is 1.92.